The van der Waals surface area contributed by atoms with Gasteiger partial charge in [0, 0.05) is 52.1 Å². The van der Waals surface area contributed by atoms with Crippen LogP contribution in [0.15, 0.2) is 24.5 Å². The van der Waals surface area contributed by atoms with Crippen LogP contribution in [0.1, 0.15) is 50.5 Å². The highest BCUT2D eigenvalue weighted by Gasteiger charge is 2.33. The average Bonchev–Trinajstić information content (AvgIpc) is 2.73. The molecular formula is C22H33N3O3. The summed E-state index contributed by atoms with van der Waals surface area (Å²) in [7, 11) is 1.65. The van der Waals surface area contributed by atoms with Crippen molar-refractivity contribution in [3.8, 4) is 0 Å². The lowest BCUT2D eigenvalue weighted by molar-refractivity contribution is -0.144. The normalized spacial score (nSPS) is 21.0. The van der Waals surface area contributed by atoms with E-state index >= 15 is 0 Å². The lowest BCUT2D eigenvalue weighted by Gasteiger charge is -2.37. The predicted molar refractivity (Wildman–Crippen MR) is 107 cm³/mol. The van der Waals surface area contributed by atoms with Crippen LogP contribution in [0.4, 0.5) is 0 Å². The van der Waals surface area contributed by atoms with E-state index in [2.05, 4.69) is 4.98 Å². The summed E-state index contributed by atoms with van der Waals surface area (Å²) in [6.07, 6.45) is 10.9. The second-order valence-electron chi connectivity index (χ2n) is 8.15. The monoisotopic (exact) mass is 387 g/mol. The number of likely N-dealkylation sites (tertiary alicyclic amines) is 1. The van der Waals surface area contributed by atoms with E-state index in [1.54, 1.807) is 19.5 Å². The van der Waals surface area contributed by atoms with Crippen molar-refractivity contribution in [2.75, 3.05) is 33.4 Å². The molecule has 2 amide bonds. The fourth-order valence-corrected chi connectivity index (χ4v) is 4.41. The zero-order valence-corrected chi connectivity index (χ0v) is 17.0. The Bertz CT molecular complexity index is 631. The minimum Gasteiger partial charge on any atom is -0.383 e. The summed E-state index contributed by atoms with van der Waals surface area (Å²) >= 11 is 0. The third-order valence-electron chi connectivity index (χ3n) is 6.03. The Kier molecular flexibility index (Phi) is 7.83. The Labute approximate surface area is 168 Å². The molecule has 1 saturated carbocycles. The molecule has 2 fully saturated rings. The van der Waals surface area contributed by atoms with Gasteiger partial charge in [-0.15, -0.1) is 0 Å². The van der Waals surface area contributed by atoms with E-state index < -0.39 is 0 Å². The number of carbonyl (C=O) groups is 2. The Morgan fingerprint density at radius 3 is 2.82 bits per heavy atom. The Morgan fingerprint density at radius 1 is 1.29 bits per heavy atom. The van der Waals surface area contributed by atoms with Crippen LogP contribution in [0, 0.1) is 11.8 Å². The topological polar surface area (TPSA) is 62.7 Å². The van der Waals surface area contributed by atoms with Crippen LogP contribution < -0.4 is 0 Å². The maximum absolute atomic E-state index is 13.3. The van der Waals surface area contributed by atoms with Gasteiger partial charge in [-0.1, -0.05) is 25.3 Å². The van der Waals surface area contributed by atoms with Gasteiger partial charge in [0.15, 0.2) is 0 Å². The number of amides is 2. The number of pyridine rings is 1. The number of aromatic nitrogens is 1. The molecule has 3 rings (SSSR count). The van der Waals surface area contributed by atoms with Crippen molar-refractivity contribution in [1.82, 2.24) is 14.8 Å². The fourth-order valence-electron chi connectivity index (χ4n) is 4.41. The molecule has 2 heterocycles. The van der Waals surface area contributed by atoms with Crippen molar-refractivity contribution in [2.24, 2.45) is 11.8 Å². The molecule has 28 heavy (non-hydrogen) atoms. The third-order valence-corrected chi connectivity index (χ3v) is 6.03. The number of nitrogens with zero attached hydrogens (tertiary/aromatic N) is 3. The molecule has 1 aromatic heterocycles. The zero-order chi connectivity index (χ0) is 19.8. The SMILES string of the molecule is COCCN(Cc1cccnc1)C(=O)C1CCC(=O)N(CC2CCCCC2)C1. The molecule has 1 atom stereocenters. The van der Waals surface area contributed by atoms with E-state index in [1.807, 2.05) is 21.9 Å². The quantitative estimate of drug-likeness (QED) is 0.688. The molecule has 1 aliphatic heterocycles. The van der Waals surface area contributed by atoms with Crippen molar-refractivity contribution in [2.45, 2.75) is 51.5 Å². The molecule has 1 saturated heterocycles. The Hall–Kier alpha value is -1.95. The molecule has 1 aliphatic carbocycles. The van der Waals surface area contributed by atoms with Crippen LogP contribution in [0.25, 0.3) is 0 Å². The van der Waals surface area contributed by atoms with Gasteiger partial charge >= 0.3 is 0 Å². The second kappa shape index (κ2) is 10.6. The minimum atomic E-state index is -0.116. The molecule has 1 unspecified atom stereocenters. The first-order valence-electron chi connectivity index (χ1n) is 10.6. The lowest BCUT2D eigenvalue weighted by atomic mass is 9.87. The van der Waals surface area contributed by atoms with Crippen molar-refractivity contribution < 1.29 is 14.3 Å². The van der Waals surface area contributed by atoms with E-state index in [9.17, 15) is 9.59 Å². The van der Waals surface area contributed by atoms with Gasteiger partial charge in [0.1, 0.15) is 0 Å². The Morgan fingerprint density at radius 2 is 2.11 bits per heavy atom. The van der Waals surface area contributed by atoms with Crippen molar-refractivity contribution in [1.29, 1.82) is 0 Å². The number of rotatable bonds is 8. The van der Waals surface area contributed by atoms with Crippen molar-refractivity contribution in [3.63, 3.8) is 0 Å². The van der Waals surface area contributed by atoms with Gasteiger partial charge in [-0.05, 0) is 36.8 Å². The van der Waals surface area contributed by atoms with Crippen LogP contribution in [-0.2, 0) is 20.9 Å². The summed E-state index contributed by atoms with van der Waals surface area (Å²) in [5, 5.41) is 0. The van der Waals surface area contributed by atoms with Crippen molar-refractivity contribution in [3.05, 3.63) is 30.1 Å². The molecule has 6 heteroatoms. The number of carbonyl (C=O) groups excluding carboxylic acids is 2. The summed E-state index contributed by atoms with van der Waals surface area (Å²) < 4.78 is 5.21. The molecule has 1 aromatic rings. The van der Waals surface area contributed by atoms with E-state index in [-0.39, 0.29) is 17.7 Å². The van der Waals surface area contributed by atoms with E-state index in [0.29, 0.717) is 45.0 Å². The van der Waals surface area contributed by atoms with Gasteiger partial charge in [0.25, 0.3) is 0 Å². The first-order valence-corrected chi connectivity index (χ1v) is 10.6. The highest BCUT2D eigenvalue weighted by Crippen LogP contribution is 2.27. The number of ether oxygens (including phenoxy) is 1. The number of hydrogen-bond donors (Lipinski definition) is 0. The third kappa shape index (κ3) is 5.77. The summed E-state index contributed by atoms with van der Waals surface area (Å²) in [6.45, 7) is 2.97. The zero-order valence-electron chi connectivity index (χ0n) is 17.0. The molecule has 0 N–H and O–H groups in total. The van der Waals surface area contributed by atoms with Gasteiger partial charge in [-0.3, -0.25) is 14.6 Å². The molecule has 0 bridgehead atoms. The lowest BCUT2D eigenvalue weighted by Crippen LogP contribution is -2.48. The largest absolute Gasteiger partial charge is 0.383 e. The van der Waals surface area contributed by atoms with Crippen LogP contribution >= 0.6 is 0 Å². The summed E-state index contributed by atoms with van der Waals surface area (Å²) in [5.41, 5.74) is 1.01. The summed E-state index contributed by atoms with van der Waals surface area (Å²) in [4.78, 5) is 33.7. The first kappa shape index (κ1) is 20.8. The number of piperidine rings is 1. The maximum atomic E-state index is 13.3. The van der Waals surface area contributed by atoms with Crippen LogP contribution in [0.3, 0.4) is 0 Å². The standard InChI is InChI=1S/C22H33N3O3/c1-28-13-12-24(16-19-8-5-11-23-14-19)22(27)20-9-10-21(26)25(17-20)15-18-6-3-2-4-7-18/h5,8,11,14,18,20H,2-4,6-7,9-10,12-13,15-17H2,1H3. The average molecular weight is 388 g/mol. The van der Waals surface area contributed by atoms with Crippen LogP contribution in [0.5, 0.6) is 0 Å². The second-order valence-corrected chi connectivity index (χ2v) is 8.15. The molecule has 6 nitrogen and oxygen atoms in total. The number of hydrogen-bond acceptors (Lipinski definition) is 4. The molecule has 0 spiro atoms. The molecule has 2 aliphatic rings. The van der Waals surface area contributed by atoms with Crippen LogP contribution in [-0.4, -0.2) is 59.9 Å². The van der Waals surface area contributed by atoms with Gasteiger partial charge in [0.05, 0.1) is 12.5 Å². The predicted octanol–water partition coefficient (Wildman–Crippen LogP) is 2.88. The highest BCUT2D eigenvalue weighted by atomic mass is 16.5. The van der Waals surface area contributed by atoms with E-state index in [4.69, 9.17) is 4.74 Å². The highest BCUT2D eigenvalue weighted by molar-refractivity contribution is 5.84. The summed E-state index contributed by atoms with van der Waals surface area (Å²) in [5.74, 6) is 0.828. The molecular weight excluding hydrogens is 354 g/mol. The fraction of sp³-hybridized carbons (Fsp3) is 0.682. The van der Waals surface area contributed by atoms with Gasteiger partial charge in [-0.2, -0.15) is 0 Å². The van der Waals surface area contributed by atoms with Crippen molar-refractivity contribution >= 4 is 11.8 Å². The van der Waals surface area contributed by atoms with Gasteiger partial charge in [-0.25, -0.2) is 0 Å². The first-order chi connectivity index (χ1) is 13.7. The van der Waals surface area contributed by atoms with E-state index in [0.717, 1.165) is 12.1 Å². The number of methoxy groups -OCH3 is 1. The van der Waals surface area contributed by atoms with Gasteiger partial charge in [0.2, 0.25) is 11.8 Å². The van der Waals surface area contributed by atoms with Gasteiger partial charge < -0.3 is 14.5 Å². The van der Waals surface area contributed by atoms with Crippen LogP contribution in [0.2, 0.25) is 0 Å². The maximum Gasteiger partial charge on any atom is 0.227 e. The Balaban J connectivity index is 1.62. The van der Waals surface area contributed by atoms with E-state index in [1.165, 1.54) is 32.1 Å². The minimum absolute atomic E-state index is 0.116. The smallest absolute Gasteiger partial charge is 0.227 e. The molecule has 154 valence electrons. The summed E-state index contributed by atoms with van der Waals surface area (Å²) in [6, 6.07) is 3.87. The molecule has 0 aromatic carbocycles. The molecule has 0 radical (unpaired) electrons.